The SMILES string of the molecule is N#Cc1ccc(C(F)(F)F)nc1NC1CCC(=O)NC1=O. The number of imide groups is 1. The van der Waals surface area contributed by atoms with Crippen molar-refractivity contribution >= 4 is 17.6 Å². The Morgan fingerprint density at radius 2 is 2.10 bits per heavy atom. The van der Waals surface area contributed by atoms with Crippen molar-refractivity contribution in [1.82, 2.24) is 10.3 Å². The average Bonchev–Trinajstić information content (AvgIpc) is 2.41. The number of aromatic nitrogens is 1. The molecular weight excluding hydrogens is 289 g/mol. The number of alkyl halides is 3. The van der Waals surface area contributed by atoms with Gasteiger partial charge >= 0.3 is 6.18 Å². The number of nitriles is 1. The summed E-state index contributed by atoms with van der Waals surface area (Å²) in [5.41, 5.74) is -1.29. The lowest BCUT2D eigenvalue weighted by atomic mass is 10.1. The molecule has 1 aromatic rings. The van der Waals surface area contributed by atoms with Crippen molar-refractivity contribution in [2.24, 2.45) is 0 Å². The van der Waals surface area contributed by atoms with E-state index in [2.05, 4.69) is 15.6 Å². The number of hydrogen-bond donors (Lipinski definition) is 2. The van der Waals surface area contributed by atoms with Crippen LogP contribution in [0.5, 0.6) is 0 Å². The fourth-order valence-electron chi connectivity index (χ4n) is 1.81. The molecule has 0 saturated carbocycles. The lowest BCUT2D eigenvalue weighted by Gasteiger charge is -2.23. The van der Waals surface area contributed by atoms with E-state index >= 15 is 0 Å². The molecule has 6 nitrogen and oxygen atoms in total. The van der Waals surface area contributed by atoms with Crippen molar-refractivity contribution in [2.75, 3.05) is 5.32 Å². The molecule has 9 heteroatoms. The first-order valence-electron chi connectivity index (χ1n) is 5.90. The van der Waals surface area contributed by atoms with E-state index in [0.717, 1.165) is 6.07 Å². The number of halogens is 3. The summed E-state index contributed by atoms with van der Waals surface area (Å²) in [5, 5.41) is 13.4. The largest absolute Gasteiger partial charge is 0.433 e. The molecule has 0 radical (unpaired) electrons. The maximum absolute atomic E-state index is 12.6. The van der Waals surface area contributed by atoms with Crippen LogP contribution in [0.4, 0.5) is 19.0 Å². The van der Waals surface area contributed by atoms with Gasteiger partial charge in [0.15, 0.2) is 0 Å². The monoisotopic (exact) mass is 298 g/mol. The highest BCUT2D eigenvalue weighted by Crippen LogP contribution is 2.29. The standard InChI is InChI=1S/C12H9F3N4O2/c13-12(14,15)8-3-1-6(5-16)10(18-8)17-7-2-4-9(20)19-11(7)21/h1,3,7H,2,4H2,(H,17,18)(H,19,20,21). The maximum Gasteiger partial charge on any atom is 0.433 e. The van der Waals surface area contributed by atoms with Gasteiger partial charge in [-0.3, -0.25) is 14.9 Å². The molecule has 1 aliphatic rings. The molecule has 0 bridgehead atoms. The Balaban J connectivity index is 2.28. The number of hydrogen-bond acceptors (Lipinski definition) is 5. The lowest BCUT2D eigenvalue weighted by Crippen LogP contribution is -2.47. The summed E-state index contributed by atoms with van der Waals surface area (Å²) in [7, 11) is 0. The molecule has 21 heavy (non-hydrogen) atoms. The summed E-state index contributed by atoms with van der Waals surface area (Å²) in [5.74, 6) is -1.44. The smallest absolute Gasteiger partial charge is 0.357 e. The molecule has 0 aromatic carbocycles. The first-order chi connectivity index (χ1) is 9.81. The van der Waals surface area contributed by atoms with E-state index in [1.807, 2.05) is 0 Å². The van der Waals surface area contributed by atoms with Crippen LogP contribution < -0.4 is 10.6 Å². The van der Waals surface area contributed by atoms with Crippen LogP contribution in [-0.4, -0.2) is 22.8 Å². The van der Waals surface area contributed by atoms with Crippen molar-refractivity contribution < 1.29 is 22.8 Å². The Bertz CT molecular complexity index is 636. The fourth-order valence-corrected chi connectivity index (χ4v) is 1.81. The number of anilines is 1. The van der Waals surface area contributed by atoms with Gasteiger partial charge < -0.3 is 5.32 Å². The number of nitrogens with zero attached hydrogens (tertiary/aromatic N) is 2. The summed E-state index contributed by atoms with van der Waals surface area (Å²) in [6, 6.07) is 2.45. The van der Waals surface area contributed by atoms with Crippen LogP contribution in [0, 0.1) is 11.3 Å². The number of pyridine rings is 1. The van der Waals surface area contributed by atoms with Gasteiger partial charge in [-0.25, -0.2) is 4.98 Å². The lowest BCUT2D eigenvalue weighted by molar-refractivity contribution is -0.141. The highest BCUT2D eigenvalue weighted by molar-refractivity contribution is 6.01. The molecule has 1 aliphatic heterocycles. The van der Waals surface area contributed by atoms with Gasteiger partial charge in [-0.1, -0.05) is 0 Å². The summed E-state index contributed by atoms with van der Waals surface area (Å²) >= 11 is 0. The van der Waals surface area contributed by atoms with Crippen molar-refractivity contribution in [3.8, 4) is 6.07 Å². The van der Waals surface area contributed by atoms with E-state index in [4.69, 9.17) is 5.26 Å². The van der Waals surface area contributed by atoms with E-state index in [9.17, 15) is 22.8 Å². The van der Waals surface area contributed by atoms with Gasteiger partial charge in [-0.15, -0.1) is 0 Å². The summed E-state index contributed by atoms with van der Waals surface area (Å²) in [6.45, 7) is 0. The number of nitrogens with one attached hydrogen (secondary N) is 2. The van der Waals surface area contributed by atoms with Gasteiger partial charge in [-0.2, -0.15) is 18.4 Å². The molecule has 2 amide bonds. The van der Waals surface area contributed by atoms with Crippen LogP contribution in [-0.2, 0) is 15.8 Å². The number of carbonyl (C=O) groups is 2. The van der Waals surface area contributed by atoms with Gasteiger partial charge in [0.05, 0.1) is 5.56 Å². The molecule has 1 unspecified atom stereocenters. The van der Waals surface area contributed by atoms with E-state index in [0.29, 0.717) is 6.07 Å². The van der Waals surface area contributed by atoms with Crippen molar-refractivity contribution in [1.29, 1.82) is 5.26 Å². The van der Waals surface area contributed by atoms with Crippen LogP contribution >= 0.6 is 0 Å². The topological polar surface area (TPSA) is 94.9 Å². The Labute approximate surface area is 117 Å². The number of rotatable bonds is 2. The highest BCUT2D eigenvalue weighted by Gasteiger charge is 2.34. The second-order valence-electron chi connectivity index (χ2n) is 4.35. The Morgan fingerprint density at radius 3 is 2.67 bits per heavy atom. The van der Waals surface area contributed by atoms with Gasteiger partial charge in [0.2, 0.25) is 11.8 Å². The third-order valence-electron chi connectivity index (χ3n) is 2.86. The van der Waals surface area contributed by atoms with Crippen LogP contribution in [0.1, 0.15) is 24.1 Å². The Hall–Kier alpha value is -2.63. The first-order valence-corrected chi connectivity index (χ1v) is 5.90. The second-order valence-corrected chi connectivity index (χ2v) is 4.35. The minimum absolute atomic E-state index is 0.0598. The minimum Gasteiger partial charge on any atom is -0.357 e. The van der Waals surface area contributed by atoms with Gasteiger partial charge in [0.25, 0.3) is 0 Å². The Kier molecular flexibility index (Phi) is 3.80. The molecule has 2 rings (SSSR count). The zero-order valence-electron chi connectivity index (χ0n) is 10.5. The molecule has 2 heterocycles. The number of carbonyl (C=O) groups excluding carboxylic acids is 2. The second kappa shape index (κ2) is 5.40. The third kappa shape index (κ3) is 3.28. The van der Waals surface area contributed by atoms with E-state index < -0.39 is 29.7 Å². The van der Waals surface area contributed by atoms with Gasteiger partial charge in [-0.05, 0) is 18.6 Å². The fraction of sp³-hybridized carbons (Fsp3) is 0.333. The molecule has 1 saturated heterocycles. The Morgan fingerprint density at radius 1 is 1.38 bits per heavy atom. The van der Waals surface area contributed by atoms with E-state index in [-0.39, 0.29) is 24.2 Å². The molecule has 2 N–H and O–H groups in total. The van der Waals surface area contributed by atoms with Crippen molar-refractivity contribution in [2.45, 2.75) is 25.1 Å². The van der Waals surface area contributed by atoms with Crippen LogP contribution in [0.3, 0.4) is 0 Å². The summed E-state index contributed by atoms with van der Waals surface area (Å²) in [6.07, 6.45) is -4.48. The molecule has 0 spiro atoms. The summed E-state index contributed by atoms with van der Waals surface area (Å²) in [4.78, 5) is 25.9. The third-order valence-corrected chi connectivity index (χ3v) is 2.86. The van der Waals surface area contributed by atoms with E-state index in [1.165, 1.54) is 0 Å². The van der Waals surface area contributed by atoms with Gasteiger partial charge in [0, 0.05) is 6.42 Å². The maximum atomic E-state index is 12.6. The normalized spacial score (nSPS) is 18.9. The van der Waals surface area contributed by atoms with Crippen LogP contribution in [0.2, 0.25) is 0 Å². The van der Waals surface area contributed by atoms with Crippen LogP contribution in [0.15, 0.2) is 12.1 Å². The quantitative estimate of drug-likeness (QED) is 0.800. The van der Waals surface area contributed by atoms with Gasteiger partial charge in [0.1, 0.15) is 23.6 Å². The zero-order valence-corrected chi connectivity index (χ0v) is 10.5. The first kappa shape index (κ1) is 14.8. The van der Waals surface area contributed by atoms with E-state index in [1.54, 1.807) is 6.07 Å². The molecular formula is C12H9F3N4O2. The van der Waals surface area contributed by atoms with Crippen molar-refractivity contribution in [3.63, 3.8) is 0 Å². The average molecular weight is 298 g/mol. The number of piperidine rings is 1. The van der Waals surface area contributed by atoms with Crippen molar-refractivity contribution in [3.05, 3.63) is 23.4 Å². The summed E-state index contributed by atoms with van der Waals surface area (Å²) < 4.78 is 37.8. The number of amides is 2. The predicted octanol–water partition coefficient (Wildman–Crippen LogP) is 1.19. The molecule has 1 aromatic heterocycles. The predicted molar refractivity (Wildman–Crippen MR) is 63.7 cm³/mol. The molecule has 110 valence electrons. The minimum atomic E-state index is -4.66. The molecule has 0 aliphatic carbocycles. The molecule has 1 atom stereocenters. The van der Waals surface area contributed by atoms with Crippen LogP contribution in [0.25, 0.3) is 0 Å². The zero-order chi connectivity index (χ0) is 15.6. The molecule has 1 fully saturated rings. The highest BCUT2D eigenvalue weighted by atomic mass is 19.4.